The highest BCUT2D eigenvalue weighted by Gasteiger charge is 2.33. The molecule has 140 valence electrons. The van der Waals surface area contributed by atoms with E-state index in [4.69, 9.17) is 0 Å². The maximum Gasteiger partial charge on any atom is 0.329 e. The van der Waals surface area contributed by atoms with Crippen LogP contribution in [0.4, 0.5) is 0 Å². The standard InChI is InChI=1S/C20H22N4O3/c1-4-20(3,19(26)27)23-18(25)14-11-16(13-9-7-6-8-10-13)22-17-15(14)12-21-24(17)5-2/h6-12H,4-5H2,1-3H3,(H,23,25)(H,26,27). The molecule has 3 aromatic rings. The van der Waals surface area contributed by atoms with Gasteiger partial charge < -0.3 is 10.4 Å². The average molecular weight is 366 g/mol. The van der Waals surface area contributed by atoms with E-state index < -0.39 is 17.4 Å². The molecule has 7 nitrogen and oxygen atoms in total. The van der Waals surface area contributed by atoms with Crippen LogP contribution in [0.5, 0.6) is 0 Å². The van der Waals surface area contributed by atoms with Crippen molar-refractivity contribution in [1.29, 1.82) is 0 Å². The number of carbonyl (C=O) groups is 2. The van der Waals surface area contributed by atoms with Crippen LogP contribution in [-0.4, -0.2) is 37.3 Å². The predicted octanol–water partition coefficient (Wildman–Crippen LogP) is 3.10. The number of nitrogens with zero attached hydrogens (tertiary/aromatic N) is 3. The second kappa shape index (κ2) is 7.19. The third-order valence-electron chi connectivity index (χ3n) is 4.79. The molecule has 3 rings (SSSR count). The minimum absolute atomic E-state index is 0.266. The Kier molecular flexibility index (Phi) is 4.94. The fourth-order valence-corrected chi connectivity index (χ4v) is 2.83. The number of nitrogens with one attached hydrogen (secondary N) is 1. The van der Waals surface area contributed by atoms with Crippen molar-refractivity contribution in [3.8, 4) is 11.3 Å². The zero-order valence-corrected chi connectivity index (χ0v) is 15.6. The highest BCUT2D eigenvalue weighted by atomic mass is 16.4. The summed E-state index contributed by atoms with van der Waals surface area (Å²) in [5.41, 5.74) is 1.11. The first-order valence-electron chi connectivity index (χ1n) is 8.87. The van der Waals surface area contributed by atoms with E-state index in [9.17, 15) is 14.7 Å². The molecule has 27 heavy (non-hydrogen) atoms. The number of amides is 1. The minimum atomic E-state index is -1.35. The van der Waals surface area contributed by atoms with Gasteiger partial charge in [0, 0.05) is 12.1 Å². The zero-order chi connectivity index (χ0) is 19.6. The molecular formula is C20H22N4O3. The first-order chi connectivity index (χ1) is 12.9. The van der Waals surface area contributed by atoms with Gasteiger partial charge in [0.1, 0.15) is 5.54 Å². The largest absolute Gasteiger partial charge is 0.480 e. The highest BCUT2D eigenvalue weighted by molar-refractivity contribution is 6.07. The van der Waals surface area contributed by atoms with E-state index in [-0.39, 0.29) is 6.42 Å². The zero-order valence-electron chi connectivity index (χ0n) is 15.6. The summed E-state index contributed by atoms with van der Waals surface area (Å²) < 4.78 is 1.72. The number of carboxylic acids is 1. The van der Waals surface area contributed by atoms with E-state index in [2.05, 4.69) is 15.4 Å². The number of aryl methyl sites for hydroxylation is 1. The Morgan fingerprint density at radius 1 is 1.22 bits per heavy atom. The summed E-state index contributed by atoms with van der Waals surface area (Å²) >= 11 is 0. The van der Waals surface area contributed by atoms with Crippen LogP contribution in [0, 0.1) is 0 Å². The van der Waals surface area contributed by atoms with Crippen molar-refractivity contribution in [3.63, 3.8) is 0 Å². The monoisotopic (exact) mass is 366 g/mol. The molecule has 2 aromatic heterocycles. The topological polar surface area (TPSA) is 97.1 Å². The molecule has 0 aliphatic carbocycles. The lowest BCUT2D eigenvalue weighted by atomic mass is 9.98. The van der Waals surface area contributed by atoms with Crippen LogP contribution in [0.2, 0.25) is 0 Å². The maximum absolute atomic E-state index is 13.0. The highest BCUT2D eigenvalue weighted by Crippen LogP contribution is 2.25. The van der Waals surface area contributed by atoms with Crippen LogP contribution < -0.4 is 5.32 Å². The van der Waals surface area contributed by atoms with Gasteiger partial charge in [0.25, 0.3) is 5.91 Å². The molecule has 0 aliphatic rings. The van der Waals surface area contributed by atoms with Gasteiger partial charge in [-0.3, -0.25) is 4.79 Å². The van der Waals surface area contributed by atoms with Crippen molar-refractivity contribution in [3.05, 3.63) is 48.2 Å². The second-order valence-electron chi connectivity index (χ2n) is 6.56. The number of benzene rings is 1. The molecule has 2 heterocycles. The van der Waals surface area contributed by atoms with Crippen LogP contribution in [0.1, 0.15) is 37.6 Å². The van der Waals surface area contributed by atoms with Crippen LogP contribution in [-0.2, 0) is 11.3 Å². The van der Waals surface area contributed by atoms with Crippen molar-refractivity contribution in [2.45, 2.75) is 39.3 Å². The van der Waals surface area contributed by atoms with Gasteiger partial charge in [-0.25, -0.2) is 14.5 Å². The van der Waals surface area contributed by atoms with E-state index in [0.29, 0.717) is 28.8 Å². The number of carbonyl (C=O) groups excluding carboxylic acids is 1. The van der Waals surface area contributed by atoms with E-state index in [1.807, 2.05) is 37.3 Å². The van der Waals surface area contributed by atoms with Crippen LogP contribution in [0.25, 0.3) is 22.3 Å². The fraction of sp³-hybridized carbons (Fsp3) is 0.300. The van der Waals surface area contributed by atoms with E-state index in [0.717, 1.165) is 5.56 Å². The molecule has 1 aromatic carbocycles. The third-order valence-corrected chi connectivity index (χ3v) is 4.79. The van der Waals surface area contributed by atoms with Crippen molar-refractivity contribution >= 4 is 22.9 Å². The Hall–Kier alpha value is -3.22. The quantitative estimate of drug-likeness (QED) is 0.699. The molecule has 0 saturated heterocycles. The van der Waals surface area contributed by atoms with Gasteiger partial charge in [-0.2, -0.15) is 5.10 Å². The Labute approximate surface area is 157 Å². The van der Waals surface area contributed by atoms with Gasteiger partial charge >= 0.3 is 5.97 Å². The van der Waals surface area contributed by atoms with Crippen molar-refractivity contribution in [2.24, 2.45) is 0 Å². The van der Waals surface area contributed by atoms with Crippen LogP contribution in [0.3, 0.4) is 0 Å². The first-order valence-corrected chi connectivity index (χ1v) is 8.87. The van der Waals surface area contributed by atoms with Gasteiger partial charge in [-0.1, -0.05) is 37.3 Å². The SMILES string of the molecule is CCn1ncc2c(C(=O)NC(C)(CC)C(=O)O)cc(-c3ccccc3)nc21. The molecule has 2 N–H and O–H groups in total. The van der Waals surface area contributed by atoms with Gasteiger partial charge in [-0.15, -0.1) is 0 Å². The number of hydrogen-bond donors (Lipinski definition) is 2. The molecule has 0 saturated carbocycles. The van der Waals surface area contributed by atoms with Gasteiger partial charge in [0.2, 0.25) is 0 Å². The number of fused-ring (bicyclic) bond motifs is 1. The summed E-state index contributed by atoms with van der Waals surface area (Å²) in [5, 5.41) is 17.0. The molecule has 0 radical (unpaired) electrons. The van der Waals surface area contributed by atoms with Crippen LogP contribution >= 0.6 is 0 Å². The first kappa shape index (κ1) is 18.6. The number of aromatic nitrogens is 3. The molecule has 1 unspecified atom stereocenters. The Bertz CT molecular complexity index is 997. The smallest absolute Gasteiger partial charge is 0.329 e. The molecule has 1 amide bonds. The number of carboxylic acid groups (broad SMARTS) is 1. The lowest BCUT2D eigenvalue weighted by Gasteiger charge is -2.24. The number of hydrogen-bond acceptors (Lipinski definition) is 4. The summed E-state index contributed by atoms with van der Waals surface area (Å²) in [5.74, 6) is -1.53. The second-order valence-corrected chi connectivity index (χ2v) is 6.56. The number of rotatable bonds is 6. The van der Waals surface area contributed by atoms with Crippen molar-refractivity contribution in [2.75, 3.05) is 0 Å². The van der Waals surface area contributed by atoms with E-state index >= 15 is 0 Å². The molecule has 7 heteroatoms. The van der Waals surface area contributed by atoms with Crippen molar-refractivity contribution < 1.29 is 14.7 Å². The van der Waals surface area contributed by atoms with Gasteiger partial charge in [-0.05, 0) is 26.3 Å². The summed E-state index contributed by atoms with van der Waals surface area (Å²) in [7, 11) is 0. The summed E-state index contributed by atoms with van der Waals surface area (Å²) in [6.07, 6.45) is 1.86. The third kappa shape index (κ3) is 3.40. The number of aliphatic carboxylic acids is 1. The number of pyridine rings is 1. The van der Waals surface area contributed by atoms with Gasteiger partial charge in [0.15, 0.2) is 5.65 Å². The maximum atomic E-state index is 13.0. The summed E-state index contributed by atoms with van der Waals surface area (Å²) in [6, 6.07) is 11.2. The molecule has 0 fully saturated rings. The fourth-order valence-electron chi connectivity index (χ4n) is 2.83. The molecule has 0 spiro atoms. The van der Waals surface area contributed by atoms with E-state index in [1.54, 1.807) is 23.9 Å². The molecule has 1 atom stereocenters. The summed E-state index contributed by atoms with van der Waals surface area (Å²) in [4.78, 5) is 29.2. The Balaban J connectivity index is 2.15. The molecule has 0 aliphatic heterocycles. The lowest BCUT2D eigenvalue weighted by Crippen LogP contribution is -2.51. The summed E-state index contributed by atoms with van der Waals surface area (Å²) in [6.45, 7) is 5.78. The molecular weight excluding hydrogens is 344 g/mol. The van der Waals surface area contributed by atoms with E-state index in [1.165, 1.54) is 6.92 Å². The van der Waals surface area contributed by atoms with Crippen molar-refractivity contribution in [1.82, 2.24) is 20.1 Å². The average Bonchev–Trinajstić information content (AvgIpc) is 3.10. The Morgan fingerprint density at radius 3 is 2.52 bits per heavy atom. The molecule has 0 bridgehead atoms. The Morgan fingerprint density at radius 2 is 1.93 bits per heavy atom. The van der Waals surface area contributed by atoms with Gasteiger partial charge in [0.05, 0.1) is 22.8 Å². The predicted molar refractivity (Wildman–Crippen MR) is 102 cm³/mol. The van der Waals surface area contributed by atoms with Crippen LogP contribution in [0.15, 0.2) is 42.6 Å². The normalized spacial score (nSPS) is 13.3. The minimum Gasteiger partial charge on any atom is -0.480 e. The lowest BCUT2D eigenvalue weighted by molar-refractivity contribution is -0.143.